The largest absolute Gasteiger partial charge is 3.00 e. The third kappa shape index (κ3) is 7.61. The molecule has 0 radical (unpaired) electrons. The fourth-order valence-electron chi connectivity index (χ4n) is 4.30. The summed E-state index contributed by atoms with van der Waals surface area (Å²) in [5.41, 5.74) is 2.11. The predicted octanol–water partition coefficient (Wildman–Crippen LogP) is 3.36. The Morgan fingerprint density at radius 1 is 0.591 bits per heavy atom. The van der Waals surface area contributed by atoms with Gasteiger partial charge in [-0.15, -0.1) is 0 Å². The molecule has 0 fully saturated rings. The van der Waals surface area contributed by atoms with E-state index in [1.165, 1.54) is 43.7 Å². The number of rotatable bonds is 3. The summed E-state index contributed by atoms with van der Waals surface area (Å²) in [7, 11) is 0. The monoisotopic (exact) mass is 605 g/mol. The van der Waals surface area contributed by atoms with Gasteiger partial charge in [0.05, 0.1) is 34.4 Å². The molecule has 0 aromatic heterocycles. The van der Waals surface area contributed by atoms with Crippen molar-refractivity contribution < 1.29 is 35.1 Å². The van der Waals surface area contributed by atoms with Gasteiger partial charge in [0.15, 0.2) is 0 Å². The second kappa shape index (κ2) is 13.9. The molecule has 6 rings (SSSR count). The number of hydrogen-bond acceptors (Lipinski definition) is 9. The third-order valence-corrected chi connectivity index (χ3v) is 6.93. The molecule has 4 aromatic carbocycles. The number of anilines is 2. The molecule has 0 aliphatic carbocycles. The van der Waals surface area contributed by atoms with E-state index in [2.05, 4.69) is 10.6 Å². The summed E-state index contributed by atoms with van der Waals surface area (Å²) < 4.78 is 0. The first-order valence-corrected chi connectivity index (χ1v) is 13.3. The van der Waals surface area contributed by atoms with Crippen LogP contribution in [0.25, 0.3) is 23.3 Å². The number of aromatic hydroxyl groups is 3. The molecule has 0 saturated heterocycles. The van der Waals surface area contributed by atoms with Gasteiger partial charge in [-0.1, -0.05) is 91.0 Å². The van der Waals surface area contributed by atoms with Gasteiger partial charge in [-0.05, 0) is 49.2 Å². The van der Waals surface area contributed by atoms with E-state index in [1.54, 1.807) is 48.6 Å². The average Bonchev–Trinajstić information content (AvgIpc) is 3.00. The Bertz CT molecular complexity index is 1600. The minimum absolute atomic E-state index is 0. The molecule has 5 N–H and O–H groups in total. The number of para-hydroxylation sites is 2. The van der Waals surface area contributed by atoms with Crippen molar-refractivity contribution in [3.8, 4) is 28.4 Å². The van der Waals surface area contributed by atoms with Crippen LogP contribution in [-0.2, 0) is 9.59 Å². The van der Waals surface area contributed by atoms with E-state index >= 15 is 0 Å². The summed E-state index contributed by atoms with van der Waals surface area (Å²) in [6.45, 7) is 2.96. The number of aliphatic carboxylic acids is 2. The van der Waals surface area contributed by atoms with Gasteiger partial charge in [-0.2, -0.15) is 0 Å². The number of nitrogens with one attached hydrogen (secondary N) is 2. The van der Waals surface area contributed by atoms with Crippen LogP contribution in [0.2, 0.25) is 0 Å². The quantitative estimate of drug-likeness (QED) is 0.174. The molecule has 2 unspecified atom stereocenters. The summed E-state index contributed by atoms with van der Waals surface area (Å²) >= 11 is 0. The van der Waals surface area contributed by atoms with Crippen LogP contribution in [0.3, 0.4) is 0 Å². The van der Waals surface area contributed by atoms with Crippen LogP contribution in [0.5, 0.6) is 17.2 Å². The zero-order valence-corrected chi connectivity index (χ0v) is 25.2. The van der Waals surface area contributed by atoms with Gasteiger partial charge in [0.2, 0.25) is 0 Å². The second-order valence-electron chi connectivity index (χ2n) is 10.3. The van der Waals surface area contributed by atoms with Crippen LogP contribution in [0.4, 0.5) is 11.4 Å². The summed E-state index contributed by atoms with van der Waals surface area (Å²) in [5.74, 6) is -2.09. The van der Waals surface area contributed by atoms with Crippen LogP contribution in [0, 0.1) is 0 Å². The maximum absolute atomic E-state index is 10.9. The third-order valence-electron chi connectivity index (χ3n) is 6.93. The number of phenolic OH excluding ortho intramolecular Hbond substituents is 3. The van der Waals surface area contributed by atoms with E-state index in [-0.39, 0.29) is 28.9 Å². The van der Waals surface area contributed by atoms with Crippen molar-refractivity contribution in [1.29, 1.82) is 0 Å². The predicted molar refractivity (Wildman–Crippen MR) is 168 cm³/mol. The van der Waals surface area contributed by atoms with Crippen molar-refractivity contribution in [1.82, 2.24) is 0 Å². The number of carboxylic acids is 2. The number of hydrogen-bond donors (Lipinski definition) is 5. The fourth-order valence-corrected chi connectivity index (χ4v) is 4.30. The summed E-state index contributed by atoms with van der Waals surface area (Å²) in [6, 6.07) is 27.3. The molecule has 220 valence electrons. The molecule has 10 heteroatoms. The van der Waals surface area contributed by atoms with Crippen molar-refractivity contribution in [3.63, 3.8) is 0 Å². The Labute approximate surface area is 265 Å². The maximum atomic E-state index is 10.9. The molecule has 2 atom stereocenters. The Morgan fingerprint density at radius 3 is 1.41 bits per heavy atom. The van der Waals surface area contributed by atoms with Gasteiger partial charge < -0.3 is 45.8 Å². The molecule has 2 aliphatic rings. The van der Waals surface area contributed by atoms with Gasteiger partial charge in [-0.25, -0.2) is 0 Å². The summed E-state index contributed by atoms with van der Waals surface area (Å²) in [4.78, 5) is 21.8. The molecule has 0 bridgehead atoms. The first-order valence-electron chi connectivity index (χ1n) is 13.3. The van der Waals surface area contributed by atoms with Crippen LogP contribution >= 0.6 is 0 Å². The minimum Gasteiger partial charge on any atom is -0.547 e. The zero-order chi connectivity index (χ0) is 31.2. The summed E-state index contributed by atoms with van der Waals surface area (Å²) in [5, 5.41) is 55.5. The second-order valence-corrected chi connectivity index (χ2v) is 10.3. The number of phenols is 3. The number of fused-ring (bicyclic) bond motifs is 2. The molecule has 9 nitrogen and oxygen atoms in total. The Morgan fingerprint density at radius 2 is 1.00 bits per heavy atom. The van der Waals surface area contributed by atoms with Crippen molar-refractivity contribution in [2.45, 2.75) is 24.9 Å². The molecule has 0 spiro atoms. The Kier molecular flexibility index (Phi) is 10.5. The van der Waals surface area contributed by atoms with Crippen molar-refractivity contribution in [3.05, 3.63) is 114 Å². The topological polar surface area (TPSA) is 165 Å². The Balaban J connectivity index is 0.000000179. The number of carbonyl (C=O) groups excluding carboxylic acids is 2. The van der Waals surface area contributed by atoms with E-state index in [4.69, 9.17) is 5.11 Å². The Hall–Kier alpha value is -5.17. The standard InChI is InChI=1S/C12H10O.2C11H11NO3.Al/c13-12-8-6-11(7-9-12)10-4-2-1-3-5-10;2*1-11(10(14)15)6-5-7-3-2-4-8(13)9(7)12-11;/h1-9,13H;2*2-6,12-13H,1H3,(H,14,15);/q;;;+3/p-2. The van der Waals surface area contributed by atoms with Crippen molar-refractivity contribution >= 4 is 52.8 Å². The van der Waals surface area contributed by atoms with Gasteiger partial charge in [0.1, 0.15) is 17.2 Å². The smallest absolute Gasteiger partial charge is 0.547 e. The average molecular weight is 606 g/mol. The van der Waals surface area contributed by atoms with E-state index in [1.807, 2.05) is 42.5 Å². The number of carbonyl (C=O) groups is 2. The molecule has 0 saturated carbocycles. The first-order chi connectivity index (χ1) is 20.4. The van der Waals surface area contributed by atoms with E-state index in [9.17, 15) is 30.0 Å². The van der Waals surface area contributed by atoms with E-state index in [0.717, 1.165) is 16.7 Å². The van der Waals surface area contributed by atoms with Gasteiger partial charge in [-0.3, -0.25) is 0 Å². The van der Waals surface area contributed by atoms with Gasteiger partial charge in [0, 0.05) is 11.1 Å². The van der Waals surface area contributed by atoms with E-state index < -0.39 is 23.0 Å². The first kappa shape index (κ1) is 33.3. The van der Waals surface area contributed by atoms with Crippen molar-refractivity contribution in [2.75, 3.05) is 10.6 Å². The van der Waals surface area contributed by atoms with Crippen LogP contribution in [0.15, 0.2) is 103 Å². The molecular formula is C34H30AlN2O7+. The van der Waals surface area contributed by atoms with E-state index in [0.29, 0.717) is 17.1 Å². The van der Waals surface area contributed by atoms with Crippen LogP contribution in [-0.4, -0.2) is 55.7 Å². The van der Waals surface area contributed by atoms with Gasteiger partial charge in [0.25, 0.3) is 0 Å². The van der Waals surface area contributed by atoms with Crippen molar-refractivity contribution in [2.24, 2.45) is 0 Å². The molecule has 2 heterocycles. The number of carboxylic acid groups (broad SMARTS) is 2. The van der Waals surface area contributed by atoms with Gasteiger partial charge >= 0.3 is 17.4 Å². The number of benzene rings is 4. The summed E-state index contributed by atoms with van der Waals surface area (Å²) in [6.07, 6.45) is 6.32. The van der Waals surface area contributed by atoms with Crippen LogP contribution < -0.4 is 20.8 Å². The molecule has 2 aliphatic heterocycles. The normalized spacial score (nSPS) is 18.6. The minimum atomic E-state index is -1.27. The maximum Gasteiger partial charge on any atom is 3.00 e. The molecule has 44 heavy (non-hydrogen) atoms. The molecule has 0 amide bonds. The zero-order valence-electron chi connectivity index (χ0n) is 24.0. The SMILES string of the molecule is CC1(C(=O)[O-])C=Cc2cccc(O)c2N1.CC1(C(=O)[O-])C=Cc2cccc(O)c2N1.Oc1ccc(-c2ccccc2)cc1.[Al+3]. The van der Waals surface area contributed by atoms with Crippen LogP contribution in [0.1, 0.15) is 25.0 Å². The molecule has 4 aromatic rings. The molecular weight excluding hydrogens is 575 g/mol. The fraction of sp³-hybridized carbons (Fsp3) is 0.118.